The molecule has 0 N–H and O–H groups in total. The number of anilines is 1. The van der Waals surface area contributed by atoms with Crippen LogP contribution in [0.3, 0.4) is 0 Å². The highest BCUT2D eigenvalue weighted by atomic mass is 79.9. The molecule has 0 fully saturated rings. The fraction of sp³-hybridized carbons (Fsp3) is 0.200. The van der Waals surface area contributed by atoms with Crippen molar-refractivity contribution in [1.82, 2.24) is 0 Å². The van der Waals surface area contributed by atoms with Crippen LogP contribution < -0.4 is 5.01 Å². The van der Waals surface area contributed by atoms with E-state index in [0.717, 1.165) is 10.2 Å². The number of hydrazone groups is 1. The van der Waals surface area contributed by atoms with Crippen LogP contribution in [-0.2, 0) is 4.79 Å². The zero-order chi connectivity index (χ0) is 11.9. The SMILES string of the molecule is CC1=NN(c2ccc(Br)cc2)C(=O)C1(Br)Br. The molecule has 84 valence electrons. The van der Waals surface area contributed by atoms with Crippen molar-refractivity contribution in [2.45, 2.75) is 10.2 Å². The quantitative estimate of drug-likeness (QED) is 0.650. The smallest absolute Gasteiger partial charge is 0.269 e. The van der Waals surface area contributed by atoms with Gasteiger partial charge in [0.2, 0.25) is 0 Å². The minimum absolute atomic E-state index is 0.146. The van der Waals surface area contributed by atoms with Gasteiger partial charge >= 0.3 is 0 Å². The van der Waals surface area contributed by atoms with Crippen LogP contribution in [0, 0.1) is 0 Å². The second-order valence-electron chi connectivity index (χ2n) is 3.35. The van der Waals surface area contributed by atoms with E-state index in [0.29, 0.717) is 5.71 Å². The number of halogens is 3. The third-order valence-electron chi connectivity index (χ3n) is 2.24. The van der Waals surface area contributed by atoms with Gasteiger partial charge in [0.15, 0.2) is 3.23 Å². The van der Waals surface area contributed by atoms with Crippen LogP contribution in [0.1, 0.15) is 6.92 Å². The number of benzene rings is 1. The summed E-state index contributed by atoms with van der Waals surface area (Å²) in [6, 6.07) is 7.41. The van der Waals surface area contributed by atoms with Crippen LogP contribution in [0.2, 0.25) is 0 Å². The Kier molecular flexibility index (Phi) is 3.25. The van der Waals surface area contributed by atoms with E-state index in [-0.39, 0.29) is 5.91 Å². The molecule has 0 bridgehead atoms. The lowest BCUT2D eigenvalue weighted by atomic mass is 10.3. The largest absolute Gasteiger partial charge is 0.281 e. The zero-order valence-corrected chi connectivity index (χ0v) is 13.0. The molecule has 1 aromatic carbocycles. The van der Waals surface area contributed by atoms with E-state index in [4.69, 9.17) is 0 Å². The van der Waals surface area contributed by atoms with E-state index in [1.54, 1.807) is 6.92 Å². The number of carbonyl (C=O) groups excluding carboxylic acids is 1. The van der Waals surface area contributed by atoms with Crippen LogP contribution in [0.4, 0.5) is 5.69 Å². The van der Waals surface area contributed by atoms with Gasteiger partial charge in [-0.25, -0.2) is 0 Å². The van der Waals surface area contributed by atoms with Crippen molar-refractivity contribution in [2.75, 3.05) is 5.01 Å². The van der Waals surface area contributed by atoms with Gasteiger partial charge < -0.3 is 0 Å². The molecule has 1 aromatic rings. The Morgan fingerprint density at radius 3 is 2.25 bits per heavy atom. The highest BCUT2D eigenvalue weighted by Gasteiger charge is 2.45. The standard InChI is InChI=1S/C10H7Br3N2O/c1-6-10(12,13)9(16)15(14-6)8-4-2-7(11)3-5-8/h2-5H,1H3. The summed E-state index contributed by atoms with van der Waals surface area (Å²) in [5.74, 6) is -0.146. The van der Waals surface area contributed by atoms with Gasteiger partial charge in [0, 0.05) is 4.47 Å². The fourth-order valence-corrected chi connectivity index (χ4v) is 2.06. The molecule has 0 saturated heterocycles. The number of hydrogen-bond donors (Lipinski definition) is 0. The zero-order valence-electron chi connectivity index (χ0n) is 8.25. The van der Waals surface area contributed by atoms with Gasteiger partial charge in [-0.2, -0.15) is 10.1 Å². The van der Waals surface area contributed by atoms with Crippen molar-refractivity contribution in [1.29, 1.82) is 0 Å². The molecule has 6 heteroatoms. The Bertz CT molecular complexity index is 467. The first-order chi connectivity index (χ1) is 7.43. The van der Waals surface area contributed by atoms with E-state index in [9.17, 15) is 4.79 Å². The topological polar surface area (TPSA) is 32.7 Å². The van der Waals surface area contributed by atoms with E-state index < -0.39 is 3.23 Å². The van der Waals surface area contributed by atoms with Crippen molar-refractivity contribution < 1.29 is 4.79 Å². The predicted octanol–water partition coefficient (Wildman–Crippen LogP) is 3.66. The Labute approximate surface area is 118 Å². The molecule has 0 spiro atoms. The van der Waals surface area contributed by atoms with Crippen LogP contribution in [0.15, 0.2) is 33.8 Å². The van der Waals surface area contributed by atoms with Crippen LogP contribution in [-0.4, -0.2) is 14.9 Å². The normalized spacial score (nSPS) is 18.9. The van der Waals surface area contributed by atoms with E-state index >= 15 is 0 Å². The molecule has 16 heavy (non-hydrogen) atoms. The fourth-order valence-electron chi connectivity index (χ4n) is 1.30. The molecule has 0 unspecified atom stereocenters. The predicted molar refractivity (Wildman–Crippen MR) is 75.3 cm³/mol. The van der Waals surface area contributed by atoms with Crippen molar-refractivity contribution in [3.8, 4) is 0 Å². The summed E-state index contributed by atoms with van der Waals surface area (Å²) in [6.45, 7) is 1.79. The third kappa shape index (κ3) is 1.98. The average molecular weight is 411 g/mol. The lowest BCUT2D eigenvalue weighted by Gasteiger charge is -2.15. The number of carbonyl (C=O) groups is 1. The molecule has 1 aliphatic rings. The van der Waals surface area contributed by atoms with Gasteiger partial charge in [-0.05, 0) is 31.2 Å². The molecule has 0 aromatic heterocycles. The molecule has 1 aliphatic heterocycles. The van der Waals surface area contributed by atoms with Gasteiger partial charge in [0.25, 0.3) is 5.91 Å². The van der Waals surface area contributed by atoms with Crippen LogP contribution in [0.25, 0.3) is 0 Å². The Hall–Kier alpha value is -0.200. The Morgan fingerprint density at radius 1 is 1.25 bits per heavy atom. The number of alkyl halides is 2. The highest BCUT2D eigenvalue weighted by molar-refractivity contribution is 9.26. The maximum Gasteiger partial charge on any atom is 0.281 e. The molecule has 1 amide bonds. The van der Waals surface area contributed by atoms with Crippen molar-refractivity contribution in [2.24, 2.45) is 5.10 Å². The number of rotatable bonds is 1. The summed E-state index contributed by atoms with van der Waals surface area (Å²) in [5, 5.41) is 5.59. The third-order valence-corrected chi connectivity index (χ3v) is 4.59. The first-order valence-corrected chi connectivity index (χ1v) is 6.84. The molecular formula is C10H7Br3N2O. The van der Waals surface area contributed by atoms with Crippen LogP contribution >= 0.6 is 47.8 Å². The van der Waals surface area contributed by atoms with Gasteiger partial charge in [-0.15, -0.1) is 0 Å². The maximum absolute atomic E-state index is 12.0. The van der Waals surface area contributed by atoms with E-state index in [1.807, 2.05) is 24.3 Å². The minimum atomic E-state index is -0.868. The van der Waals surface area contributed by atoms with Crippen LogP contribution in [0.5, 0.6) is 0 Å². The van der Waals surface area contributed by atoms with Crippen molar-refractivity contribution in [3.63, 3.8) is 0 Å². The molecule has 3 nitrogen and oxygen atoms in total. The van der Waals surface area contributed by atoms with Gasteiger partial charge in [0.05, 0.1) is 11.4 Å². The summed E-state index contributed by atoms with van der Waals surface area (Å²) in [4.78, 5) is 12.0. The number of amides is 1. The summed E-state index contributed by atoms with van der Waals surface area (Å²) in [5.41, 5.74) is 1.42. The summed E-state index contributed by atoms with van der Waals surface area (Å²) < 4.78 is 0.0973. The molecule has 1 heterocycles. The first kappa shape index (κ1) is 12.3. The molecule has 0 saturated carbocycles. The van der Waals surface area contributed by atoms with Gasteiger partial charge in [0.1, 0.15) is 0 Å². The van der Waals surface area contributed by atoms with Crippen molar-refractivity contribution >= 4 is 65.1 Å². The monoisotopic (exact) mass is 408 g/mol. The summed E-state index contributed by atoms with van der Waals surface area (Å²) >= 11 is 9.97. The summed E-state index contributed by atoms with van der Waals surface area (Å²) in [6.07, 6.45) is 0. The Morgan fingerprint density at radius 2 is 1.81 bits per heavy atom. The first-order valence-electron chi connectivity index (χ1n) is 4.46. The maximum atomic E-state index is 12.0. The Balaban J connectivity index is 2.38. The molecule has 2 rings (SSSR count). The molecule has 0 aliphatic carbocycles. The second-order valence-corrected chi connectivity index (χ2v) is 7.71. The highest BCUT2D eigenvalue weighted by Crippen LogP contribution is 2.37. The molecule has 0 radical (unpaired) electrons. The van der Waals surface area contributed by atoms with E-state index in [2.05, 4.69) is 52.9 Å². The van der Waals surface area contributed by atoms with Gasteiger partial charge in [-0.3, -0.25) is 4.79 Å². The number of hydrogen-bond acceptors (Lipinski definition) is 2. The van der Waals surface area contributed by atoms with E-state index in [1.165, 1.54) is 5.01 Å². The summed E-state index contributed by atoms with van der Waals surface area (Å²) in [7, 11) is 0. The molecular weight excluding hydrogens is 404 g/mol. The minimum Gasteiger partial charge on any atom is -0.269 e. The number of nitrogens with zero attached hydrogens (tertiary/aromatic N) is 2. The average Bonchev–Trinajstić information content (AvgIpc) is 2.44. The van der Waals surface area contributed by atoms with Crippen molar-refractivity contribution in [3.05, 3.63) is 28.7 Å². The second kappa shape index (κ2) is 4.23. The lowest BCUT2D eigenvalue weighted by molar-refractivity contribution is -0.116. The molecule has 0 atom stereocenters. The lowest BCUT2D eigenvalue weighted by Crippen LogP contribution is -2.34. The van der Waals surface area contributed by atoms with Gasteiger partial charge in [-0.1, -0.05) is 47.8 Å².